The molecule has 25 heavy (non-hydrogen) atoms. The lowest BCUT2D eigenvalue weighted by molar-refractivity contribution is 0.356. The first-order valence-corrected chi connectivity index (χ1v) is 9.23. The number of aromatic hydroxyl groups is 1. The monoisotopic (exact) mass is 361 g/mol. The summed E-state index contributed by atoms with van der Waals surface area (Å²) in [6, 6.07) is 3.57. The minimum atomic E-state index is -0.130. The average Bonchev–Trinajstić information content (AvgIpc) is 3.01. The van der Waals surface area contributed by atoms with Crippen LogP contribution in [0.1, 0.15) is 37.7 Å². The van der Waals surface area contributed by atoms with Gasteiger partial charge in [-0.1, -0.05) is 19.3 Å². The molecule has 0 aliphatic heterocycles. The van der Waals surface area contributed by atoms with Crippen molar-refractivity contribution < 1.29 is 9.84 Å². The lowest BCUT2D eigenvalue weighted by Crippen LogP contribution is -2.30. The van der Waals surface area contributed by atoms with Gasteiger partial charge in [-0.2, -0.15) is 4.37 Å². The summed E-state index contributed by atoms with van der Waals surface area (Å²) < 4.78 is 9.01. The van der Waals surface area contributed by atoms with E-state index in [-0.39, 0.29) is 11.7 Å². The molecule has 0 spiro atoms. The second-order valence-corrected chi connectivity index (χ2v) is 6.96. The summed E-state index contributed by atoms with van der Waals surface area (Å²) in [6.07, 6.45) is 7.89. The molecule has 4 N–H and O–H groups in total. The molecule has 134 valence electrons. The Bertz CT molecular complexity index is 710. The zero-order valence-corrected chi connectivity index (χ0v) is 15.0. The molecule has 0 unspecified atom stereocenters. The molecule has 1 saturated carbocycles. The zero-order chi connectivity index (χ0) is 17.6. The van der Waals surface area contributed by atoms with Gasteiger partial charge in [0.15, 0.2) is 0 Å². The number of hydrogen-bond acceptors (Lipinski definition) is 7. The van der Waals surface area contributed by atoms with E-state index in [0.717, 1.165) is 23.8 Å². The average molecular weight is 361 g/mol. The van der Waals surface area contributed by atoms with Crippen molar-refractivity contribution in [2.75, 3.05) is 19.0 Å². The summed E-state index contributed by atoms with van der Waals surface area (Å²) in [5.41, 5.74) is 1.14. The van der Waals surface area contributed by atoms with E-state index in [4.69, 9.17) is 10.1 Å². The van der Waals surface area contributed by atoms with Gasteiger partial charge >= 0.3 is 0 Å². The standard InChI is InChI=1S/C17H23N5O2S/c1-24-13-8-7-12(10-19-13)21-17-14(16(23)22-25-17)15(18)20-9-11-5-3-2-4-6-11/h7-8,10-11,21H,2-6,9H2,1H3,(H2,18,20)(H,22,23). The molecule has 3 rings (SSSR count). The van der Waals surface area contributed by atoms with Gasteiger partial charge in [-0.25, -0.2) is 4.98 Å². The maximum atomic E-state index is 10.0. The maximum absolute atomic E-state index is 10.0. The van der Waals surface area contributed by atoms with E-state index in [1.165, 1.54) is 32.1 Å². The van der Waals surface area contributed by atoms with Crippen LogP contribution in [0, 0.1) is 11.3 Å². The van der Waals surface area contributed by atoms with Gasteiger partial charge in [0.2, 0.25) is 11.8 Å². The third-order valence-electron chi connectivity index (χ3n) is 4.42. The second kappa shape index (κ2) is 8.15. The Kier molecular flexibility index (Phi) is 5.70. The number of pyridine rings is 1. The Morgan fingerprint density at radius 3 is 2.84 bits per heavy atom. The fourth-order valence-electron chi connectivity index (χ4n) is 3.02. The van der Waals surface area contributed by atoms with E-state index in [0.29, 0.717) is 22.4 Å². The first-order chi connectivity index (χ1) is 12.2. The maximum Gasteiger partial charge on any atom is 0.236 e. The summed E-state index contributed by atoms with van der Waals surface area (Å²) in [6.45, 7) is 0.762. The minimum Gasteiger partial charge on any atom is -0.492 e. The van der Waals surface area contributed by atoms with Crippen LogP contribution >= 0.6 is 11.5 Å². The van der Waals surface area contributed by atoms with E-state index >= 15 is 0 Å². The van der Waals surface area contributed by atoms with Gasteiger partial charge in [0.1, 0.15) is 16.4 Å². The largest absolute Gasteiger partial charge is 0.492 e. The van der Waals surface area contributed by atoms with Crippen molar-refractivity contribution in [1.82, 2.24) is 14.7 Å². The summed E-state index contributed by atoms with van der Waals surface area (Å²) in [5.74, 6) is 1.20. The van der Waals surface area contributed by atoms with Gasteiger partial charge in [0.05, 0.1) is 19.0 Å². The number of methoxy groups -OCH3 is 1. The zero-order valence-electron chi connectivity index (χ0n) is 14.2. The Balaban J connectivity index is 1.66. The lowest BCUT2D eigenvalue weighted by Gasteiger charge is -2.22. The second-order valence-electron chi connectivity index (χ2n) is 6.18. The number of nitrogens with one attached hydrogen (secondary N) is 3. The number of hydrogen-bond donors (Lipinski definition) is 4. The van der Waals surface area contributed by atoms with Gasteiger partial charge in [-0.15, -0.1) is 0 Å². The molecular formula is C17H23N5O2S. The third kappa shape index (κ3) is 4.39. The van der Waals surface area contributed by atoms with Crippen molar-refractivity contribution in [2.24, 2.45) is 5.92 Å². The van der Waals surface area contributed by atoms with Crippen LogP contribution in [0.3, 0.4) is 0 Å². The summed E-state index contributed by atoms with van der Waals surface area (Å²) >= 11 is 1.12. The molecule has 1 fully saturated rings. The Morgan fingerprint density at radius 1 is 1.36 bits per heavy atom. The molecule has 8 heteroatoms. The van der Waals surface area contributed by atoms with Crippen LogP contribution in [0.15, 0.2) is 18.3 Å². The van der Waals surface area contributed by atoms with E-state index in [2.05, 4.69) is 20.0 Å². The van der Waals surface area contributed by atoms with Crippen LogP contribution in [-0.2, 0) is 0 Å². The van der Waals surface area contributed by atoms with Crippen molar-refractivity contribution in [2.45, 2.75) is 32.1 Å². The number of nitrogens with zero attached hydrogens (tertiary/aromatic N) is 2. The van der Waals surface area contributed by atoms with Crippen LogP contribution in [-0.4, -0.2) is 34.0 Å². The normalized spacial score (nSPS) is 14.9. The Labute approximate surface area is 151 Å². The molecule has 1 aliphatic rings. The molecule has 1 aliphatic carbocycles. The number of ether oxygens (including phenoxy) is 1. The first-order valence-electron chi connectivity index (χ1n) is 8.46. The predicted octanol–water partition coefficient (Wildman–Crippen LogP) is 3.49. The van der Waals surface area contributed by atoms with Gasteiger partial charge in [-0.05, 0) is 36.4 Å². The fourth-order valence-corrected chi connectivity index (χ4v) is 3.74. The highest BCUT2D eigenvalue weighted by molar-refractivity contribution is 7.11. The number of rotatable bonds is 6. The van der Waals surface area contributed by atoms with Crippen LogP contribution in [0.4, 0.5) is 10.7 Å². The predicted molar refractivity (Wildman–Crippen MR) is 99.3 cm³/mol. The number of anilines is 2. The molecule has 0 amide bonds. The van der Waals surface area contributed by atoms with E-state index in [1.807, 2.05) is 6.07 Å². The number of aromatic nitrogens is 2. The molecule has 2 aromatic heterocycles. The minimum absolute atomic E-state index is 0.130. The van der Waals surface area contributed by atoms with Crippen LogP contribution in [0.25, 0.3) is 0 Å². The van der Waals surface area contributed by atoms with Crippen LogP contribution in [0.2, 0.25) is 0 Å². The highest BCUT2D eigenvalue weighted by Crippen LogP contribution is 2.32. The van der Waals surface area contributed by atoms with Crippen molar-refractivity contribution in [3.8, 4) is 11.8 Å². The summed E-state index contributed by atoms with van der Waals surface area (Å²) in [4.78, 5) is 4.14. The van der Waals surface area contributed by atoms with E-state index in [1.54, 1.807) is 19.4 Å². The van der Waals surface area contributed by atoms with Crippen LogP contribution < -0.4 is 15.4 Å². The highest BCUT2D eigenvalue weighted by atomic mass is 32.1. The molecule has 0 aromatic carbocycles. The lowest BCUT2D eigenvalue weighted by atomic mass is 9.89. The summed E-state index contributed by atoms with van der Waals surface area (Å²) in [7, 11) is 1.56. The quantitative estimate of drug-likeness (QED) is 0.464. The molecule has 2 aromatic rings. The van der Waals surface area contributed by atoms with Gasteiger partial charge in [0, 0.05) is 12.6 Å². The van der Waals surface area contributed by atoms with Crippen molar-refractivity contribution >= 4 is 28.1 Å². The van der Waals surface area contributed by atoms with Gasteiger partial charge in [-0.3, -0.25) is 5.41 Å². The third-order valence-corrected chi connectivity index (χ3v) is 5.17. The molecule has 0 atom stereocenters. The molecule has 7 nitrogen and oxygen atoms in total. The molecule has 0 bridgehead atoms. The molecule has 0 radical (unpaired) electrons. The summed E-state index contributed by atoms with van der Waals surface area (Å²) in [5, 5.41) is 25.3. The van der Waals surface area contributed by atoms with Crippen molar-refractivity contribution in [1.29, 1.82) is 5.41 Å². The van der Waals surface area contributed by atoms with Crippen LogP contribution in [0.5, 0.6) is 11.8 Å². The number of amidine groups is 1. The Hall–Kier alpha value is -2.35. The van der Waals surface area contributed by atoms with Gasteiger partial charge < -0.3 is 20.5 Å². The molecular weight excluding hydrogens is 338 g/mol. The molecule has 0 saturated heterocycles. The topological polar surface area (TPSA) is 103 Å². The fraction of sp³-hybridized carbons (Fsp3) is 0.471. The smallest absolute Gasteiger partial charge is 0.236 e. The van der Waals surface area contributed by atoms with E-state index in [9.17, 15) is 5.11 Å². The first kappa shape index (κ1) is 17.5. The highest BCUT2D eigenvalue weighted by Gasteiger charge is 2.20. The van der Waals surface area contributed by atoms with E-state index < -0.39 is 0 Å². The van der Waals surface area contributed by atoms with Crippen molar-refractivity contribution in [3.05, 3.63) is 23.9 Å². The molecule has 2 heterocycles. The SMILES string of the molecule is COc1ccc(Nc2snc(O)c2C(=N)NCC2CCCCC2)cn1. The Morgan fingerprint density at radius 2 is 2.16 bits per heavy atom. The van der Waals surface area contributed by atoms with Gasteiger partial charge in [0.25, 0.3) is 0 Å². The van der Waals surface area contributed by atoms with Crippen molar-refractivity contribution in [3.63, 3.8) is 0 Å².